The Morgan fingerprint density at radius 2 is 1.22 bits per heavy atom. The molecule has 242 valence electrons. The average molecular weight is 674 g/mol. The molecular weight excluding hydrogens is 630 g/mol. The smallest absolute Gasteiger partial charge is 0.451 e. The van der Waals surface area contributed by atoms with E-state index >= 15 is 0 Å². The molecule has 2 amide bonds. The van der Waals surface area contributed by atoms with Crippen LogP contribution in [0.5, 0.6) is 0 Å². The number of amides is 2. The standard InChI is InChI=1S/C11H18ClNO4.C10H19NO3.C3H3Cl3O3.CH4/c1-11(2,3)17-10(15)13-6-4-5-8(13)7-16-9(12)14;1-10(2,3)14-9(13)11-6-4-5-8(11)7-12;1-8-2(7)9-3(4,5)6;/h8H,4-7H2,1-3H3;8,12H,4-7H2,1-3H3;1H3;1H4/t2*8-;;/m11../s1. The molecule has 0 unspecified atom stereocenters. The molecule has 2 fully saturated rings. The molecule has 0 aromatic heterocycles. The maximum atomic E-state index is 11.8. The molecule has 1 N–H and O–H groups in total. The van der Waals surface area contributed by atoms with Gasteiger partial charge in [0.05, 0.1) is 25.8 Å². The number of halogens is 4. The van der Waals surface area contributed by atoms with Crippen molar-refractivity contribution in [1.82, 2.24) is 9.80 Å². The predicted molar refractivity (Wildman–Crippen MR) is 157 cm³/mol. The van der Waals surface area contributed by atoms with Crippen LogP contribution in [0, 0.1) is 0 Å². The second-order valence-corrected chi connectivity index (χ2v) is 13.2. The van der Waals surface area contributed by atoms with Crippen LogP contribution in [-0.4, -0.2) is 99.4 Å². The molecule has 2 aliphatic heterocycles. The number of ether oxygens (including phenoxy) is 5. The third-order valence-electron chi connectivity index (χ3n) is 4.98. The van der Waals surface area contributed by atoms with Crippen LogP contribution >= 0.6 is 46.4 Å². The summed E-state index contributed by atoms with van der Waals surface area (Å²) in [6.45, 7) is 12.4. The highest BCUT2D eigenvalue weighted by Crippen LogP contribution is 2.27. The summed E-state index contributed by atoms with van der Waals surface area (Å²) < 4.78 is 21.2. The van der Waals surface area contributed by atoms with Crippen molar-refractivity contribution in [3.63, 3.8) is 0 Å². The summed E-state index contributed by atoms with van der Waals surface area (Å²) in [5, 5.41) is 9.03. The van der Waals surface area contributed by atoms with Gasteiger partial charge in [0, 0.05) is 24.7 Å². The van der Waals surface area contributed by atoms with Gasteiger partial charge in [0.25, 0.3) is 0 Å². The molecule has 2 atom stereocenters. The summed E-state index contributed by atoms with van der Waals surface area (Å²) in [7, 11) is 1.11. The average Bonchev–Trinajstić information content (AvgIpc) is 3.44. The van der Waals surface area contributed by atoms with Crippen LogP contribution in [0.25, 0.3) is 0 Å². The number of hydrogen-bond donors (Lipinski definition) is 1. The van der Waals surface area contributed by atoms with Gasteiger partial charge < -0.3 is 38.6 Å². The van der Waals surface area contributed by atoms with Gasteiger partial charge in [-0.25, -0.2) is 19.2 Å². The maximum Gasteiger partial charge on any atom is 0.511 e. The lowest BCUT2D eigenvalue weighted by molar-refractivity contribution is 0.0164. The fraction of sp³-hybridized carbons (Fsp3) is 0.840. The molecule has 0 aromatic rings. The lowest BCUT2D eigenvalue weighted by atomic mass is 10.2. The van der Waals surface area contributed by atoms with Crippen LogP contribution in [0.15, 0.2) is 0 Å². The summed E-state index contributed by atoms with van der Waals surface area (Å²) in [6.07, 6.45) is 1.78. The van der Waals surface area contributed by atoms with Gasteiger partial charge in [0.2, 0.25) is 0 Å². The number of aliphatic hydroxyl groups is 1. The molecule has 2 aliphatic rings. The van der Waals surface area contributed by atoms with E-state index in [1.165, 1.54) is 0 Å². The first-order valence-corrected chi connectivity index (χ1v) is 14.0. The van der Waals surface area contributed by atoms with Crippen molar-refractivity contribution in [2.45, 2.75) is 102 Å². The van der Waals surface area contributed by atoms with E-state index < -0.39 is 26.8 Å². The molecular formula is C25H44Cl4N2O10. The van der Waals surface area contributed by atoms with Crippen LogP contribution < -0.4 is 0 Å². The zero-order valence-electron chi connectivity index (χ0n) is 23.8. The van der Waals surface area contributed by atoms with Gasteiger partial charge in [0.15, 0.2) is 0 Å². The summed E-state index contributed by atoms with van der Waals surface area (Å²) in [5.74, 6) is 0. The Labute approximate surface area is 262 Å². The number of alkyl halides is 3. The summed E-state index contributed by atoms with van der Waals surface area (Å²) in [5.41, 5.74) is -1.83. The van der Waals surface area contributed by atoms with Crippen molar-refractivity contribution >= 4 is 70.2 Å². The van der Waals surface area contributed by atoms with Crippen LogP contribution in [0.1, 0.15) is 74.7 Å². The van der Waals surface area contributed by atoms with Gasteiger partial charge in [-0.05, 0) is 102 Å². The number of aliphatic hydroxyl groups excluding tert-OH is 1. The number of carbonyl (C=O) groups is 4. The minimum absolute atomic E-state index is 0. The Morgan fingerprint density at radius 3 is 1.54 bits per heavy atom. The van der Waals surface area contributed by atoms with Crippen LogP contribution in [0.3, 0.4) is 0 Å². The lowest BCUT2D eigenvalue weighted by Crippen LogP contribution is -2.41. The van der Waals surface area contributed by atoms with E-state index in [9.17, 15) is 19.2 Å². The first kappa shape index (κ1) is 41.5. The molecule has 0 saturated carbocycles. The summed E-state index contributed by atoms with van der Waals surface area (Å²) >= 11 is 20.1. The molecule has 0 aromatic carbocycles. The molecule has 0 spiro atoms. The van der Waals surface area contributed by atoms with E-state index in [-0.39, 0.29) is 44.9 Å². The number of methoxy groups -OCH3 is 1. The van der Waals surface area contributed by atoms with E-state index in [4.69, 9.17) is 65.7 Å². The van der Waals surface area contributed by atoms with Crippen LogP contribution in [0.4, 0.5) is 19.2 Å². The lowest BCUT2D eigenvalue weighted by Gasteiger charge is -2.28. The van der Waals surface area contributed by atoms with Crippen LogP contribution in [-0.2, 0) is 23.7 Å². The fourth-order valence-corrected chi connectivity index (χ4v) is 3.71. The van der Waals surface area contributed by atoms with E-state index in [2.05, 4.69) is 9.47 Å². The highest BCUT2D eigenvalue weighted by atomic mass is 35.6. The minimum atomic E-state index is -2.03. The second kappa shape index (κ2) is 18.8. The molecule has 0 bridgehead atoms. The molecule has 16 heteroatoms. The van der Waals surface area contributed by atoms with E-state index in [1.807, 2.05) is 41.5 Å². The van der Waals surface area contributed by atoms with Gasteiger partial charge in [0.1, 0.15) is 17.8 Å². The summed E-state index contributed by atoms with van der Waals surface area (Å²) in [6, 6.07) is -0.183. The SMILES string of the molecule is C.CC(C)(C)OC(=O)N1CCC[C@@H]1CO.CC(C)(C)OC(=O)N1CCC[C@@H]1COC(=O)Cl.COC(=O)OC(Cl)(Cl)Cl. The third-order valence-corrected chi connectivity index (χ3v) is 5.32. The van der Waals surface area contributed by atoms with Crippen LogP contribution in [0.2, 0.25) is 0 Å². The Kier molecular flexibility index (Phi) is 19.1. The molecule has 0 aliphatic carbocycles. The fourth-order valence-electron chi connectivity index (χ4n) is 3.45. The van der Waals surface area contributed by atoms with E-state index in [1.54, 1.807) is 9.80 Å². The van der Waals surface area contributed by atoms with Crippen molar-refractivity contribution in [3.05, 3.63) is 0 Å². The molecule has 2 heterocycles. The van der Waals surface area contributed by atoms with Gasteiger partial charge in [-0.3, -0.25) is 0 Å². The van der Waals surface area contributed by atoms with Gasteiger partial charge in [-0.1, -0.05) is 7.43 Å². The Bertz CT molecular complexity index is 829. The number of rotatable bonds is 3. The number of likely N-dealkylation sites (tertiary alicyclic amines) is 2. The first-order valence-electron chi connectivity index (χ1n) is 12.4. The first-order chi connectivity index (χ1) is 18.2. The van der Waals surface area contributed by atoms with Gasteiger partial charge >= 0.3 is 27.7 Å². The molecule has 2 saturated heterocycles. The van der Waals surface area contributed by atoms with Crippen molar-refractivity contribution in [3.8, 4) is 0 Å². The third kappa shape index (κ3) is 20.0. The second-order valence-electron chi connectivity index (χ2n) is 10.7. The topological polar surface area (TPSA) is 141 Å². The molecule has 41 heavy (non-hydrogen) atoms. The number of carbonyl (C=O) groups excluding carboxylic acids is 4. The summed E-state index contributed by atoms with van der Waals surface area (Å²) in [4.78, 5) is 47.3. The quantitative estimate of drug-likeness (QED) is 0.146. The monoisotopic (exact) mass is 672 g/mol. The highest BCUT2D eigenvalue weighted by Gasteiger charge is 2.33. The molecule has 12 nitrogen and oxygen atoms in total. The predicted octanol–water partition coefficient (Wildman–Crippen LogP) is 6.87. The van der Waals surface area contributed by atoms with Gasteiger partial charge in [-0.2, -0.15) is 0 Å². The van der Waals surface area contributed by atoms with Crippen molar-refractivity contribution in [2.24, 2.45) is 0 Å². The largest absolute Gasteiger partial charge is 0.511 e. The van der Waals surface area contributed by atoms with Gasteiger partial charge in [-0.15, -0.1) is 0 Å². The van der Waals surface area contributed by atoms with E-state index in [0.717, 1.165) is 32.8 Å². The Morgan fingerprint density at radius 1 is 0.805 bits per heavy atom. The number of nitrogens with zero attached hydrogens (tertiary/aromatic N) is 2. The molecule has 0 radical (unpaired) electrons. The Hall–Kier alpha value is -1.60. The van der Waals surface area contributed by atoms with Crippen molar-refractivity contribution in [1.29, 1.82) is 0 Å². The zero-order valence-corrected chi connectivity index (χ0v) is 26.9. The van der Waals surface area contributed by atoms with Crippen molar-refractivity contribution in [2.75, 3.05) is 33.4 Å². The highest BCUT2D eigenvalue weighted by molar-refractivity contribution is 6.66. The van der Waals surface area contributed by atoms with Crippen molar-refractivity contribution < 1.29 is 48.0 Å². The maximum absolute atomic E-state index is 11.8. The minimum Gasteiger partial charge on any atom is -0.451 e. The normalized spacial score (nSPS) is 18.4. The van der Waals surface area contributed by atoms with E-state index in [0.29, 0.717) is 13.1 Å². The zero-order chi connectivity index (χ0) is 31.3. The molecule has 2 rings (SSSR count). The Balaban J connectivity index is 0. The number of hydrogen-bond acceptors (Lipinski definition) is 10.